The van der Waals surface area contributed by atoms with Crippen LogP contribution >= 0.6 is 0 Å². The van der Waals surface area contributed by atoms with Crippen LogP contribution in [0.2, 0.25) is 0 Å². The highest BCUT2D eigenvalue weighted by Gasteiger charge is 2.25. The standard InChI is InChI=1S/C14H22FN/c1-7-14(5,6)12-11(15)8-10(9-16-12)13(2,3)4/h8-9H,7H2,1-6H3. The maximum Gasteiger partial charge on any atom is 0.145 e. The number of halogens is 1. The Morgan fingerprint density at radius 1 is 1.19 bits per heavy atom. The van der Waals surface area contributed by atoms with Crippen molar-refractivity contribution < 1.29 is 4.39 Å². The van der Waals surface area contributed by atoms with Gasteiger partial charge in [-0.15, -0.1) is 0 Å². The van der Waals surface area contributed by atoms with Gasteiger partial charge in [0.05, 0.1) is 5.69 Å². The Hall–Kier alpha value is -0.920. The average Bonchev–Trinajstić information content (AvgIpc) is 2.16. The van der Waals surface area contributed by atoms with Crippen LogP contribution in [0, 0.1) is 5.82 Å². The fourth-order valence-electron chi connectivity index (χ4n) is 1.51. The molecule has 16 heavy (non-hydrogen) atoms. The Morgan fingerprint density at radius 2 is 1.75 bits per heavy atom. The van der Waals surface area contributed by atoms with Crippen molar-refractivity contribution in [1.82, 2.24) is 4.98 Å². The third-order valence-electron chi connectivity index (χ3n) is 3.23. The van der Waals surface area contributed by atoms with Crippen LogP contribution in [0.4, 0.5) is 4.39 Å². The van der Waals surface area contributed by atoms with Crippen LogP contribution in [0.15, 0.2) is 12.3 Å². The molecule has 0 aliphatic carbocycles. The number of hydrogen-bond acceptors (Lipinski definition) is 1. The number of hydrogen-bond donors (Lipinski definition) is 0. The summed E-state index contributed by atoms with van der Waals surface area (Å²) in [7, 11) is 0. The highest BCUT2D eigenvalue weighted by atomic mass is 19.1. The summed E-state index contributed by atoms with van der Waals surface area (Å²) < 4.78 is 14.0. The van der Waals surface area contributed by atoms with Gasteiger partial charge in [0.1, 0.15) is 5.82 Å². The van der Waals surface area contributed by atoms with E-state index in [1.807, 2.05) is 13.8 Å². The van der Waals surface area contributed by atoms with Gasteiger partial charge in [0, 0.05) is 11.6 Å². The molecule has 0 saturated heterocycles. The Kier molecular flexibility index (Phi) is 3.41. The van der Waals surface area contributed by atoms with Crippen LogP contribution in [-0.4, -0.2) is 4.98 Å². The summed E-state index contributed by atoms with van der Waals surface area (Å²) in [5.41, 5.74) is 1.27. The lowest BCUT2D eigenvalue weighted by Gasteiger charge is -2.25. The van der Waals surface area contributed by atoms with Gasteiger partial charge in [0.2, 0.25) is 0 Å². The minimum Gasteiger partial charge on any atom is -0.257 e. The van der Waals surface area contributed by atoms with Crippen LogP contribution < -0.4 is 0 Å². The molecule has 1 nitrogen and oxygen atoms in total. The molecule has 0 aliphatic heterocycles. The van der Waals surface area contributed by atoms with Gasteiger partial charge in [-0.3, -0.25) is 4.98 Å². The van der Waals surface area contributed by atoms with Gasteiger partial charge in [0.15, 0.2) is 0 Å². The lowest BCUT2D eigenvalue weighted by molar-refractivity contribution is 0.447. The van der Waals surface area contributed by atoms with Crippen LogP contribution in [0.3, 0.4) is 0 Å². The molecule has 1 heterocycles. The van der Waals surface area contributed by atoms with Gasteiger partial charge in [-0.25, -0.2) is 4.39 Å². The number of rotatable bonds is 2. The van der Waals surface area contributed by atoms with E-state index in [0.29, 0.717) is 5.69 Å². The molecule has 0 aromatic carbocycles. The van der Waals surface area contributed by atoms with Gasteiger partial charge >= 0.3 is 0 Å². The van der Waals surface area contributed by atoms with E-state index < -0.39 is 0 Å². The second kappa shape index (κ2) is 4.15. The molecule has 90 valence electrons. The molecule has 0 radical (unpaired) electrons. The molecule has 0 saturated carbocycles. The Morgan fingerprint density at radius 3 is 2.12 bits per heavy atom. The third kappa shape index (κ3) is 2.60. The van der Waals surface area contributed by atoms with Crippen molar-refractivity contribution in [2.24, 2.45) is 0 Å². The largest absolute Gasteiger partial charge is 0.257 e. The molecule has 1 aromatic rings. The molecular formula is C14H22FN. The van der Waals surface area contributed by atoms with Gasteiger partial charge in [-0.1, -0.05) is 41.5 Å². The molecular weight excluding hydrogens is 201 g/mol. The molecule has 0 bridgehead atoms. The Bertz CT molecular complexity index is 375. The first-order valence-electron chi connectivity index (χ1n) is 5.85. The Labute approximate surface area is 98.1 Å². The third-order valence-corrected chi connectivity index (χ3v) is 3.23. The molecule has 0 amide bonds. The lowest BCUT2D eigenvalue weighted by Crippen LogP contribution is -2.21. The number of nitrogens with zero attached hydrogens (tertiary/aromatic N) is 1. The summed E-state index contributed by atoms with van der Waals surface area (Å²) in [6.45, 7) is 12.3. The smallest absolute Gasteiger partial charge is 0.145 e. The zero-order valence-corrected chi connectivity index (χ0v) is 11.2. The van der Waals surface area contributed by atoms with Gasteiger partial charge in [0.25, 0.3) is 0 Å². The van der Waals surface area contributed by atoms with Crippen LogP contribution in [0.25, 0.3) is 0 Å². The van der Waals surface area contributed by atoms with Crippen LogP contribution in [0.1, 0.15) is 59.2 Å². The molecule has 0 atom stereocenters. The first-order valence-corrected chi connectivity index (χ1v) is 5.85. The fraction of sp³-hybridized carbons (Fsp3) is 0.643. The fourth-order valence-corrected chi connectivity index (χ4v) is 1.51. The molecule has 1 rings (SSSR count). The van der Waals surface area contributed by atoms with E-state index in [-0.39, 0.29) is 16.6 Å². The van der Waals surface area contributed by atoms with E-state index in [4.69, 9.17) is 0 Å². The summed E-state index contributed by atoms with van der Waals surface area (Å²) in [6, 6.07) is 1.62. The molecule has 0 unspecified atom stereocenters. The summed E-state index contributed by atoms with van der Waals surface area (Å²) in [5.74, 6) is -0.181. The highest BCUT2D eigenvalue weighted by molar-refractivity contribution is 5.26. The molecule has 0 aliphatic rings. The topological polar surface area (TPSA) is 12.9 Å². The predicted octanol–water partition coefficient (Wildman–Crippen LogP) is 4.21. The van der Waals surface area contributed by atoms with E-state index in [9.17, 15) is 4.39 Å². The lowest BCUT2D eigenvalue weighted by atomic mass is 9.83. The maximum atomic E-state index is 14.0. The van der Waals surface area contributed by atoms with Crippen LogP contribution in [0.5, 0.6) is 0 Å². The van der Waals surface area contributed by atoms with Crippen molar-refractivity contribution in [1.29, 1.82) is 0 Å². The SMILES string of the molecule is CCC(C)(C)c1ncc(C(C)(C)C)cc1F. The quantitative estimate of drug-likeness (QED) is 0.732. The summed E-state index contributed by atoms with van der Waals surface area (Å²) in [5, 5.41) is 0. The minimum atomic E-state index is -0.194. The second-order valence-electron chi connectivity index (χ2n) is 6.04. The predicted molar refractivity (Wildman–Crippen MR) is 66.2 cm³/mol. The van der Waals surface area contributed by atoms with E-state index >= 15 is 0 Å². The molecule has 0 fully saturated rings. The van der Waals surface area contributed by atoms with Crippen molar-refractivity contribution in [2.45, 2.75) is 58.8 Å². The zero-order chi connectivity index (χ0) is 12.6. The first-order chi connectivity index (χ1) is 7.18. The van der Waals surface area contributed by atoms with Crippen molar-refractivity contribution in [2.75, 3.05) is 0 Å². The highest BCUT2D eigenvalue weighted by Crippen LogP contribution is 2.29. The van der Waals surface area contributed by atoms with E-state index in [0.717, 1.165) is 12.0 Å². The van der Waals surface area contributed by atoms with Crippen molar-refractivity contribution in [3.63, 3.8) is 0 Å². The number of aromatic nitrogens is 1. The molecule has 0 N–H and O–H groups in total. The normalized spacial score (nSPS) is 12.9. The minimum absolute atomic E-state index is 0.0528. The van der Waals surface area contributed by atoms with Gasteiger partial charge in [-0.05, 0) is 23.5 Å². The van der Waals surface area contributed by atoms with Gasteiger partial charge in [-0.2, -0.15) is 0 Å². The van der Waals surface area contributed by atoms with Crippen LogP contribution in [-0.2, 0) is 10.8 Å². The van der Waals surface area contributed by atoms with Gasteiger partial charge < -0.3 is 0 Å². The van der Waals surface area contributed by atoms with E-state index in [1.165, 1.54) is 0 Å². The van der Waals surface area contributed by atoms with E-state index in [2.05, 4.69) is 32.7 Å². The monoisotopic (exact) mass is 223 g/mol. The summed E-state index contributed by atoms with van der Waals surface area (Å²) in [4.78, 5) is 4.31. The maximum absolute atomic E-state index is 14.0. The number of pyridine rings is 1. The average molecular weight is 223 g/mol. The molecule has 1 aromatic heterocycles. The first kappa shape index (κ1) is 13.1. The second-order valence-corrected chi connectivity index (χ2v) is 6.04. The van der Waals surface area contributed by atoms with Crippen molar-refractivity contribution in [3.8, 4) is 0 Å². The van der Waals surface area contributed by atoms with Crippen molar-refractivity contribution in [3.05, 3.63) is 29.3 Å². The van der Waals surface area contributed by atoms with Crippen molar-refractivity contribution >= 4 is 0 Å². The summed E-state index contributed by atoms with van der Waals surface area (Å²) >= 11 is 0. The molecule has 0 spiro atoms. The molecule has 2 heteroatoms. The Balaban J connectivity index is 3.20. The summed E-state index contributed by atoms with van der Waals surface area (Å²) in [6.07, 6.45) is 2.68. The van der Waals surface area contributed by atoms with E-state index in [1.54, 1.807) is 12.3 Å². The zero-order valence-electron chi connectivity index (χ0n) is 11.2.